The largest absolute Gasteiger partial charge is 0.383 e. The highest BCUT2D eigenvalue weighted by atomic mass is 16.5. The number of nitrogen functional groups attached to an aromatic ring is 1. The zero-order chi connectivity index (χ0) is 14.9. The lowest BCUT2D eigenvalue weighted by Crippen LogP contribution is -2.32. The van der Waals surface area contributed by atoms with E-state index in [2.05, 4.69) is 15.0 Å². The highest BCUT2D eigenvalue weighted by Crippen LogP contribution is 2.47. The molecule has 2 rings (SSSR count). The fraction of sp³-hybridized carbons (Fsp3) is 0.667. The molecule has 4 atom stereocenters. The van der Waals surface area contributed by atoms with Crippen LogP contribution >= 0.6 is 0 Å². The van der Waals surface area contributed by atoms with Crippen molar-refractivity contribution in [1.29, 1.82) is 0 Å². The summed E-state index contributed by atoms with van der Waals surface area (Å²) in [7, 11) is 0. The number of aromatic nitrogens is 2. The summed E-state index contributed by atoms with van der Waals surface area (Å²) in [5, 5.41) is 3.83. The molecule has 108 valence electrons. The van der Waals surface area contributed by atoms with Gasteiger partial charge in [0.2, 0.25) is 0 Å². The topological polar surface area (TPSA) is 119 Å². The lowest BCUT2D eigenvalue weighted by molar-refractivity contribution is -0.0858. The highest BCUT2D eigenvalue weighted by Gasteiger charge is 2.50. The van der Waals surface area contributed by atoms with E-state index in [0.29, 0.717) is 6.42 Å². The lowest BCUT2D eigenvalue weighted by Gasteiger charge is -2.26. The molecule has 20 heavy (non-hydrogen) atoms. The van der Waals surface area contributed by atoms with Crippen molar-refractivity contribution < 1.29 is 4.74 Å². The number of nitrogens with two attached hydrogens (primary N) is 1. The fourth-order valence-electron chi connectivity index (χ4n) is 2.68. The van der Waals surface area contributed by atoms with E-state index in [1.165, 1.54) is 4.57 Å². The molecule has 0 bridgehead atoms. The molecule has 0 aromatic carbocycles. The second kappa shape index (κ2) is 5.15. The maximum atomic E-state index is 11.9. The van der Waals surface area contributed by atoms with Crippen LogP contribution in [-0.4, -0.2) is 15.3 Å². The first-order valence-corrected chi connectivity index (χ1v) is 6.54. The Bertz CT molecular complexity index is 608. The maximum absolute atomic E-state index is 11.9. The smallest absolute Gasteiger partial charge is 0.351 e. The molecule has 8 nitrogen and oxygen atoms in total. The zero-order valence-corrected chi connectivity index (χ0v) is 11.7. The number of hydrogen-bond acceptors (Lipinski definition) is 5. The predicted molar refractivity (Wildman–Crippen MR) is 73.5 cm³/mol. The molecular formula is C12H18N6O2. The van der Waals surface area contributed by atoms with E-state index in [1.54, 1.807) is 12.3 Å². The first kappa shape index (κ1) is 14.4. The molecule has 1 aliphatic heterocycles. The van der Waals surface area contributed by atoms with Crippen molar-refractivity contribution in [2.45, 2.75) is 39.1 Å². The standard InChI is InChI=1S/C12H18N6O2/c1-4-12(16-17-14)8(3)7(2)10(20-12)18-6-5-9(13)15-11(18)19/h5-8,10H,4H2,1-3H3,(H2,13,15,19)/t7-,8+,10-,12-/m1/s1. The summed E-state index contributed by atoms with van der Waals surface area (Å²) in [4.78, 5) is 18.5. The van der Waals surface area contributed by atoms with Crippen LogP contribution in [0.4, 0.5) is 5.82 Å². The Kier molecular flexibility index (Phi) is 3.69. The van der Waals surface area contributed by atoms with Crippen molar-refractivity contribution in [3.05, 3.63) is 33.2 Å². The lowest BCUT2D eigenvalue weighted by atomic mass is 9.87. The van der Waals surface area contributed by atoms with Crippen LogP contribution in [0, 0.1) is 11.8 Å². The summed E-state index contributed by atoms with van der Waals surface area (Å²) in [6, 6.07) is 1.54. The average molecular weight is 278 g/mol. The van der Waals surface area contributed by atoms with Crippen LogP contribution in [0.1, 0.15) is 33.4 Å². The summed E-state index contributed by atoms with van der Waals surface area (Å²) in [6.45, 7) is 5.81. The van der Waals surface area contributed by atoms with E-state index in [4.69, 9.17) is 16.0 Å². The van der Waals surface area contributed by atoms with Crippen LogP contribution < -0.4 is 11.4 Å². The fourth-order valence-corrected chi connectivity index (χ4v) is 2.68. The Morgan fingerprint density at radius 3 is 2.90 bits per heavy atom. The molecule has 0 radical (unpaired) electrons. The van der Waals surface area contributed by atoms with Gasteiger partial charge in [-0.05, 0) is 23.9 Å². The van der Waals surface area contributed by atoms with E-state index in [1.807, 2.05) is 20.8 Å². The van der Waals surface area contributed by atoms with Gasteiger partial charge in [0.05, 0.1) is 0 Å². The van der Waals surface area contributed by atoms with Crippen LogP contribution in [0.25, 0.3) is 10.4 Å². The van der Waals surface area contributed by atoms with Crippen molar-refractivity contribution >= 4 is 5.82 Å². The minimum absolute atomic E-state index is 0.00331. The number of azide groups is 1. The predicted octanol–water partition coefficient (Wildman–Crippen LogP) is 2.04. The second-order valence-electron chi connectivity index (χ2n) is 5.09. The second-order valence-corrected chi connectivity index (χ2v) is 5.09. The molecule has 0 unspecified atom stereocenters. The SMILES string of the molecule is CC[C@@]1(N=[N+]=[N-])O[C@@H](n2ccc(N)nc2=O)[C@H](C)[C@@H]1C. The molecule has 1 aromatic rings. The van der Waals surface area contributed by atoms with Gasteiger partial charge in [0.15, 0.2) is 5.72 Å². The molecule has 0 amide bonds. The number of nitrogens with zero attached hydrogens (tertiary/aromatic N) is 5. The first-order valence-electron chi connectivity index (χ1n) is 6.54. The van der Waals surface area contributed by atoms with Gasteiger partial charge >= 0.3 is 5.69 Å². The summed E-state index contributed by atoms with van der Waals surface area (Å²) < 4.78 is 7.32. The molecule has 1 saturated heterocycles. The third kappa shape index (κ3) is 2.13. The van der Waals surface area contributed by atoms with Gasteiger partial charge in [-0.25, -0.2) is 4.79 Å². The number of rotatable bonds is 3. The molecule has 1 aromatic heterocycles. The molecule has 0 spiro atoms. The number of hydrogen-bond donors (Lipinski definition) is 1. The van der Waals surface area contributed by atoms with E-state index in [-0.39, 0.29) is 17.7 Å². The molecule has 1 fully saturated rings. The third-order valence-corrected chi connectivity index (χ3v) is 4.12. The van der Waals surface area contributed by atoms with Gasteiger partial charge in [-0.3, -0.25) is 4.57 Å². The molecule has 1 aliphatic rings. The van der Waals surface area contributed by atoms with Gasteiger partial charge in [-0.2, -0.15) is 4.98 Å². The van der Waals surface area contributed by atoms with Crippen molar-refractivity contribution in [2.75, 3.05) is 5.73 Å². The van der Waals surface area contributed by atoms with Crippen LogP contribution in [0.5, 0.6) is 0 Å². The van der Waals surface area contributed by atoms with Crippen molar-refractivity contribution in [1.82, 2.24) is 9.55 Å². The monoisotopic (exact) mass is 278 g/mol. The molecule has 8 heteroatoms. The van der Waals surface area contributed by atoms with Crippen LogP contribution in [-0.2, 0) is 4.74 Å². The van der Waals surface area contributed by atoms with E-state index < -0.39 is 17.6 Å². The molecule has 0 aliphatic carbocycles. The van der Waals surface area contributed by atoms with E-state index >= 15 is 0 Å². The minimum atomic E-state index is -0.931. The van der Waals surface area contributed by atoms with Gasteiger partial charge in [0.1, 0.15) is 12.0 Å². The van der Waals surface area contributed by atoms with E-state index in [9.17, 15) is 4.79 Å². The summed E-state index contributed by atoms with van der Waals surface area (Å²) in [5.41, 5.74) is 12.8. The molecule has 2 heterocycles. The molecule has 2 N–H and O–H groups in total. The van der Waals surface area contributed by atoms with E-state index in [0.717, 1.165) is 0 Å². The Hall–Kier alpha value is -2.05. The molecule has 0 saturated carbocycles. The van der Waals surface area contributed by atoms with Gasteiger partial charge in [0, 0.05) is 17.0 Å². The van der Waals surface area contributed by atoms with Gasteiger partial charge in [0.25, 0.3) is 0 Å². The first-order chi connectivity index (χ1) is 9.45. The van der Waals surface area contributed by atoms with Crippen LogP contribution in [0.15, 0.2) is 22.2 Å². The quantitative estimate of drug-likeness (QED) is 0.516. The van der Waals surface area contributed by atoms with Crippen molar-refractivity contribution in [2.24, 2.45) is 17.0 Å². The normalized spacial score (nSPS) is 32.9. The molecular weight excluding hydrogens is 260 g/mol. The summed E-state index contributed by atoms with van der Waals surface area (Å²) in [6.07, 6.45) is 1.58. The Morgan fingerprint density at radius 2 is 2.35 bits per heavy atom. The van der Waals surface area contributed by atoms with Crippen molar-refractivity contribution in [3.8, 4) is 0 Å². The van der Waals surface area contributed by atoms with Crippen LogP contribution in [0.3, 0.4) is 0 Å². The Labute approximate surface area is 116 Å². The Morgan fingerprint density at radius 1 is 1.65 bits per heavy atom. The van der Waals surface area contributed by atoms with Crippen LogP contribution in [0.2, 0.25) is 0 Å². The zero-order valence-electron chi connectivity index (χ0n) is 11.7. The third-order valence-electron chi connectivity index (χ3n) is 4.12. The van der Waals surface area contributed by atoms with Gasteiger partial charge < -0.3 is 10.5 Å². The van der Waals surface area contributed by atoms with Crippen molar-refractivity contribution in [3.63, 3.8) is 0 Å². The summed E-state index contributed by atoms with van der Waals surface area (Å²) in [5.74, 6) is 0.156. The minimum Gasteiger partial charge on any atom is -0.383 e. The number of ether oxygens (including phenoxy) is 1. The summed E-state index contributed by atoms with van der Waals surface area (Å²) >= 11 is 0. The number of anilines is 1. The maximum Gasteiger partial charge on any atom is 0.351 e. The Balaban J connectivity index is 2.45. The highest BCUT2D eigenvalue weighted by molar-refractivity contribution is 5.23. The van der Waals surface area contributed by atoms with Gasteiger partial charge in [-0.1, -0.05) is 25.9 Å². The van der Waals surface area contributed by atoms with Gasteiger partial charge in [-0.15, -0.1) is 0 Å². The average Bonchev–Trinajstić information content (AvgIpc) is 2.65.